The Kier molecular flexibility index (Phi) is 13.9. The van der Waals surface area contributed by atoms with Gasteiger partial charge in [0.15, 0.2) is 0 Å². The van der Waals surface area contributed by atoms with Crippen molar-refractivity contribution in [3.05, 3.63) is 0 Å². The van der Waals surface area contributed by atoms with Gasteiger partial charge in [-0.05, 0) is 24.9 Å². The molecule has 0 bridgehead atoms. The summed E-state index contributed by atoms with van der Waals surface area (Å²) in [5, 5.41) is 15.9. The number of thioether (sulfide) groups is 1. The highest BCUT2D eigenvalue weighted by atomic mass is 32.2. The van der Waals surface area contributed by atoms with Crippen LogP contribution in [0.1, 0.15) is 32.1 Å². The first-order chi connectivity index (χ1) is 15.8. The number of hydrogen-bond donors (Lipinski definition) is 8. The normalized spacial score (nSPS) is 14.1. The van der Waals surface area contributed by atoms with Gasteiger partial charge in [-0.1, -0.05) is 0 Å². The third-order valence-corrected chi connectivity index (χ3v) is 4.98. The van der Waals surface area contributed by atoms with Crippen LogP contribution >= 0.6 is 11.8 Å². The summed E-state index contributed by atoms with van der Waals surface area (Å²) in [5.74, 6) is -6.48. The van der Waals surface area contributed by atoms with E-state index in [1.54, 1.807) is 6.26 Å². The Bertz CT molecular complexity index is 794. The highest BCUT2D eigenvalue weighted by molar-refractivity contribution is 7.98. The van der Waals surface area contributed by atoms with E-state index in [0.717, 1.165) is 0 Å². The first-order valence-corrected chi connectivity index (χ1v) is 11.4. The zero-order valence-corrected chi connectivity index (χ0v) is 19.4. The third-order valence-electron chi connectivity index (χ3n) is 4.33. The molecule has 15 nitrogen and oxygen atoms in total. The van der Waals surface area contributed by atoms with E-state index < -0.39 is 78.4 Å². The molecule has 0 heterocycles. The van der Waals surface area contributed by atoms with Crippen molar-refractivity contribution in [2.24, 2.45) is 22.9 Å². The first kappa shape index (κ1) is 30.6. The minimum absolute atomic E-state index is 0.0779. The predicted octanol–water partition coefficient (Wildman–Crippen LogP) is -4.38. The van der Waals surface area contributed by atoms with Gasteiger partial charge in [0.2, 0.25) is 35.4 Å². The highest BCUT2D eigenvalue weighted by Crippen LogP contribution is 2.05. The van der Waals surface area contributed by atoms with E-state index in [1.165, 1.54) is 11.8 Å². The van der Waals surface area contributed by atoms with E-state index in [9.17, 15) is 38.7 Å². The number of amides is 6. The Labute approximate surface area is 199 Å². The van der Waals surface area contributed by atoms with Crippen molar-refractivity contribution in [3.63, 3.8) is 0 Å². The van der Waals surface area contributed by atoms with Crippen LogP contribution < -0.4 is 38.9 Å². The van der Waals surface area contributed by atoms with Crippen LogP contribution in [0.25, 0.3) is 0 Å². The van der Waals surface area contributed by atoms with Crippen LogP contribution in [0.3, 0.4) is 0 Å². The lowest BCUT2D eigenvalue weighted by Gasteiger charge is -2.24. The summed E-state index contributed by atoms with van der Waals surface area (Å²) in [4.78, 5) is 82.5. The topological polar surface area (TPSA) is 280 Å². The number of carbonyl (C=O) groups excluding carboxylic acids is 6. The molecule has 6 amide bonds. The maximum atomic E-state index is 12.8. The highest BCUT2D eigenvalue weighted by Gasteiger charge is 2.31. The molecule has 0 rings (SSSR count). The number of primary amides is 3. The van der Waals surface area contributed by atoms with E-state index in [0.29, 0.717) is 5.75 Å². The van der Waals surface area contributed by atoms with Crippen LogP contribution in [0.4, 0.5) is 0 Å². The molecule has 0 saturated carbocycles. The maximum Gasteiger partial charge on any atom is 0.326 e. The SMILES string of the molecule is CSCCC(NC(=O)C(CC(N)=O)NC(=O)C(CCC(N)=O)NC(=O)C(N)CC(N)=O)C(=O)O. The van der Waals surface area contributed by atoms with Gasteiger partial charge in [-0.25, -0.2) is 4.79 Å². The van der Waals surface area contributed by atoms with Crippen molar-refractivity contribution >= 4 is 53.2 Å². The molecule has 34 heavy (non-hydrogen) atoms. The van der Waals surface area contributed by atoms with E-state index in [1.807, 2.05) is 0 Å². The van der Waals surface area contributed by atoms with Crippen LogP contribution in [-0.2, 0) is 33.6 Å². The summed E-state index contributed by atoms with van der Waals surface area (Å²) in [5.41, 5.74) is 20.8. The lowest BCUT2D eigenvalue weighted by Crippen LogP contribution is -2.58. The Morgan fingerprint density at radius 2 is 1.24 bits per heavy atom. The van der Waals surface area contributed by atoms with Gasteiger partial charge in [-0.2, -0.15) is 11.8 Å². The zero-order chi connectivity index (χ0) is 26.4. The average Bonchev–Trinajstić information content (AvgIpc) is 2.71. The molecule has 4 atom stereocenters. The number of aliphatic carboxylic acids is 1. The number of rotatable bonds is 17. The molecule has 0 spiro atoms. The predicted molar refractivity (Wildman–Crippen MR) is 120 cm³/mol. The Balaban J connectivity index is 5.56. The maximum absolute atomic E-state index is 12.8. The summed E-state index contributed by atoms with van der Waals surface area (Å²) in [6.45, 7) is 0. The molecule has 0 aliphatic carbocycles. The van der Waals surface area contributed by atoms with Gasteiger partial charge < -0.3 is 44.0 Å². The smallest absolute Gasteiger partial charge is 0.326 e. The lowest BCUT2D eigenvalue weighted by atomic mass is 10.1. The summed E-state index contributed by atoms with van der Waals surface area (Å²) in [7, 11) is 0. The van der Waals surface area contributed by atoms with Gasteiger partial charge in [0.1, 0.15) is 18.1 Å². The zero-order valence-electron chi connectivity index (χ0n) is 18.6. The lowest BCUT2D eigenvalue weighted by molar-refractivity contribution is -0.142. The number of nitrogens with two attached hydrogens (primary N) is 4. The second-order valence-electron chi connectivity index (χ2n) is 7.26. The van der Waals surface area contributed by atoms with Crippen molar-refractivity contribution in [2.45, 2.75) is 56.3 Å². The van der Waals surface area contributed by atoms with Gasteiger partial charge in [0.25, 0.3) is 0 Å². The summed E-state index contributed by atoms with van der Waals surface area (Å²) in [6.07, 6.45) is -0.0148. The van der Waals surface area contributed by atoms with Gasteiger partial charge in [-0.15, -0.1) is 0 Å². The van der Waals surface area contributed by atoms with E-state index >= 15 is 0 Å². The molecule has 4 unspecified atom stereocenters. The fourth-order valence-electron chi connectivity index (χ4n) is 2.59. The minimum atomic E-state index is -1.58. The Morgan fingerprint density at radius 1 is 0.735 bits per heavy atom. The number of carboxylic acids is 1. The number of nitrogens with one attached hydrogen (secondary N) is 3. The molecule has 16 heteroatoms. The summed E-state index contributed by atoms with van der Waals surface area (Å²) in [6, 6.07) is -5.69. The van der Waals surface area contributed by atoms with Crippen LogP contribution in [0.5, 0.6) is 0 Å². The van der Waals surface area contributed by atoms with Crippen molar-refractivity contribution < 1.29 is 38.7 Å². The summed E-state index contributed by atoms with van der Waals surface area (Å²) < 4.78 is 0. The first-order valence-electron chi connectivity index (χ1n) is 10.0. The van der Waals surface area contributed by atoms with Crippen LogP contribution in [-0.4, -0.2) is 82.7 Å². The summed E-state index contributed by atoms with van der Waals surface area (Å²) >= 11 is 1.35. The molecule has 0 aromatic rings. The van der Waals surface area contributed by atoms with Crippen LogP contribution in [0.15, 0.2) is 0 Å². The second-order valence-corrected chi connectivity index (χ2v) is 8.24. The monoisotopic (exact) mass is 505 g/mol. The third kappa shape index (κ3) is 12.6. The molecule has 0 aliphatic heterocycles. The Morgan fingerprint density at radius 3 is 1.71 bits per heavy atom. The van der Waals surface area contributed by atoms with Crippen LogP contribution in [0, 0.1) is 0 Å². The van der Waals surface area contributed by atoms with Gasteiger partial charge in [0, 0.05) is 6.42 Å². The van der Waals surface area contributed by atoms with Crippen molar-refractivity contribution in [1.29, 1.82) is 0 Å². The quantitative estimate of drug-likeness (QED) is 0.0939. The minimum Gasteiger partial charge on any atom is -0.480 e. The van der Waals surface area contributed by atoms with E-state index in [4.69, 9.17) is 22.9 Å². The van der Waals surface area contributed by atoms with Gasteiger partial charge in [0.05, 0.1) is 18.9 Å². The Hall–Kier alpha value is -3.40. The standard InChI is InChI=1S/C18H31N7O8S/c1-34-5-4-10(18(32)33)24-17(31)11(7-14(22)28)25-16(30)9(2-3-12(20)26)23-15(29)8(19)6-13(21)27/h8-11H,2-7,19H2,1H3,(H2,20,26)(H2,21,27)(H2,22,28)(H,23,29)(H,24,31)(H,25,30)(H,32,33). The second kappa shape index (κ2) is 15.4. The molecule has 0 aliphatic rings. The molecule has 192 valence electrons. The number of hydrogen-bond acceptors (Lipinski definition) is 9. The molecule has 12 N–H and O–H groups in total. The largest absolute Gasteiger partial charge is 0.480 e. The molecule has 0 fully saturated rings. The molecular formula is C18H31N7O8S. The van der Waals surface area contributed by atoms with Crippen molar-refractivity contribution in [2.75, 3.05) is 12.0 Å². The molecule has 0 saturated heterocycles. The average molecular weight is 506 g/mol. The fourth-order valence-corrected chi connectivity index (χ4v) is 3.06. The molecular weight excluding hydrogens is 474 g/mol. The van der Waals surface area contributed by atoms with Gasteiger partial charge in [-0.3, -0.25) is 28.8 Å². The van der Waals surface area contributed by atoms with Crippen molar-refractivity contribution in [3.8, 4) is 0 Å². The molecule has 0 radical (unpaired) electrons. The van der Waals surface area contributed by atoms with Gasteiger partial charge >= 0.3 is 5.97 Å². The number of carbonyl (C=O) groups is 7. The van der Waals surface area contributed by atoms with Crippen LogP contribution in [0.2, 0.25) is 0 Å². The molecule has 0 aromatic carbocycles. The molecule has 0 aromatic heterocycles. The van der Waals surface area contributed by atoms with E-state index in [2.05, 4.69) is 16.0 Å². The fraction of sp³-hybridized carbons (Fsp3) is 0.611. The van der Waals surface area contributed by atoms with E-state index in [-0.39, 0.29) is 19.3 Å². The van der Waals surface area contributed by atoms with Crippen molar-refractivity contribution in [1.82, 2.24) is 16.0 Å². The number of carboxylic acid groups (broad SMARTS) is 1.